The monoisotopic (exact) mass is 312 g/mol. The second-order valence-electron chi connectivity index (χ2n) is 5.21. The molecule has 0 radical (unpaired) electrons. The van der Waals surface area contributed by atoms with Crippen molar-refractivity contribution >= 4 is 29.3 Å². The number of anilines is 1. The first-order valence-corrected chi connectivity index (χ1v) is 7.05. The number of aromatic hydroxyl groups is 1. The first kappa shape index (κ1) is 15.4. The number of carboxylic acid groups (broad SMARTS) is 1. The van der Waals surface area contributed by atoms with E-state index < -0.39 is 12.0 Å². The summed E-state index contributed by atoms with van der Waals surface area (Å²) in [5, 5.41) is 21.8. The molecule has 114 valence electrons. The van der Waals surface area contributed by atoms with E-state index in [9.17, 15) is 14.7 Å². The molecule has 0 aliphatic carbocycles. The Kier molecular flexibility index (Phi) is 4.57. The maximum Gasteiger partial charge on any atom is 0.407 e. The maximum absolute atomic E-state index is 12.2. The minimum absolute atomic E-state index is 0.0875. The van der Waals surface area contributed by atoms with E-state index in [1.807, 2.05) is 6.92 Å². The van der Waals surface area contributed by atoms with Crippen LogP contribution in [0.5, 0.6) is 5.75 Å². The number of phenols is 1. The van der Waals surface area contributed by atoms with E-state index in [1.165, 1.54) is 17.0 Å². The number of benzene rings is 1. The molecule has 0 saturated carbocycles. The molecule has 1 fully saturated rings. The topological polar surface area (TPSA) is 89.9 Å². The number of amides is 2. The van der Waals surface area contributed by atoms with Gasteiger partial charge in [-0.25, -0.2) is 4.79 Å². The third-order valence-corrected chi connectivity index (χ3v) is 3.95. The quantitative estimate of drug-likeness (QED) is 0.732. The number of carbonyl (C=O) groups is 2. The smallest absolute Gasteiger partial charge is 0.407 e. The van der Waals surface area contributed by atoms with Gasteiger partial charge < -0.3 is 20.4 Å². The summed E-state index contributed by atoms with van der Waals surface area (Å²) in [4.78, 5) is 24.6. The Labute approximate surface area is 127 Å². The van der Waals surface area contributed by atoms with E-state index in [0.29, 0.717) is 17.9 Å². The third kappa shape index (κ3) is 3.58. The molecule has 0 aromatic heterocycles. The molecule has 1 saturated heterocycles. The number of rotatable bonds is 2. The van der Waals surface area contributed by atoms with Crippen LogP contribution in [0.1, 0.15) is 19.8 Å². The van der Waals surface area contributed by atoms with E-state index in [0.717, 1.165) is 0 Å². The van der Waals surface area contributed by atoms with E-state index in [-0.39, 0.29) is 29.9 Å². The maximum atomic E-state index is 12.2. The van der Waals surface area contributed by atoms with Crippen molar-refractivity contribution in [1.82, 2.24) is 4.90 Å². The molecule has 6 nitrogen and oxygen atoms in total. The zero-order chi connectivity index (χ0) is 15.6. The lowest BCUT2D eigenvalue weighted by Gasteiger charge is -2.35. The number of phenolic OH excluding ortho intramolecular Hbond substituents is 1. The van der Waals surface area contributed by atoms with Crippen LogP contribution in [-0.2, 0) is 4.79 Å². The lowest BCUT2D eigenvalue weighted by molar-refractivity contribution is -0.121. The summed E-state index contributed by atoms with van der Waals surface area (Å²) < 4.78 is 0. The number of nitrogens with zero attached hydrogens (tertiary/aromatic N) is 1. The summed E-state index contributed by atoms with van der Waals surface area (Å²) in [5.41, 5.74) is 0.268. The first-order valence-electron chi connectivity index (χ1n) is 6.67. The molecule has 3 N–H and O–H groups in total. The Bertz CT molecular complexity index is 564. The highest BCUT2D eigenvalue weighted by molar-refractivity contribution is 6.30. The molecule has 1 heterocycles. The fourth-order valence-electron chi connectivity index (χ4n) is 2.43. The summed E-state index contributed by atoms with van der Waals surface area (Å²) in [6.45, 7) is 1.99. The molecule has 2 amide bonds. The van der Waals surface area contributed by atoms with Gasteiger partial charge in [0.1, 0.15) is 5.75 Å². The molecule has 0 bridgehead atoms. The summed E-state index contributed by atoms with van der Waals surface area (Å²) in [6, 6.07) is 4.32. The van der Waals surface area contributed by atoms with Crippen molar-refractivity contribution in [1.29, 1.82) is 0 Å². The van der Waals surface area contributed by atoms with Crippen molar-refractivity contribution < 1.29 is 19.8 Å². The van der Waals surface area contributed by atoms with Gasteiger partial charge in [0.2, 0.25) is 5.91 Å². The minimum atomic E-state index is -1.02. The summed E-state index contributed by atoms with van der Waals surface area (Å²) in [7, 11) is 0. The van der Waals surface area contributed by atoms with Gasteiger partial charge in [-0.3, -0.25) is 4.79 Å². The number of piperidine rings is 1. The van der Waals surface area contributed by atoms with Gasteiger partial charge in [0, 0.05) is 23.7 Å². The average molecular weight is 313 g/mol. The Hall–Kier alpha value is -1.95. The van der Waals surface area contributed by atoms with Crippen molar-refractivity contribution in [2.45, 2.75) is 25.8 Å². The minimum Gasteiger partial charge on any atom is -0.506 e. The van der Waals surface area contributed by atoms with Crippen LogP contribution in [0.4, 0.5) is 10.5 Å². The Morgan fingerprint density at radius 2 is 2.10 bits per heavy atom. The van der Waals surface area contributed by atoms with E-state index in [4.69, 9.17) is 16.7 Å². The molecule has 7 heteroatoms. The van der Waals surface area contributed by atoms with Crippen LogP contribution >= 0.6 is 11.6 Å². The normalized spacial score (nSPS) is 21.9. The Balaban J connectivity index is 2.05. The van der Waals surface area contributed by atoms with Crippen molar-refractivity contribution in [2.75, 3.05) is 11.9 Å². The fraction of sp³-hybridized carbons (Fsp3) is 0.429. The number of hydrogen-bond donors (Lipinski definition) is 3. The molecule has 21 heavy (non-hydrogen) atoms. The number of carbonyl (C=O) groups excluding carboxylic acids is 1. The fourth-order valence-corrected chi connectivity index (χ4v) is 2.60. The van der Waals surface area contributed by atoms with E-state index >= 15 is 0 Å². The highest BCUT2D eigenvalue weighted by Crippen LogP contribution is 2.28. The van der Waals surface area contributed by atoms with E-state index in [1.54, 1.807) is 6.07 Å². The molecular formula is C14H17ClN2O4. The van der Waals surface area contributed by atoms with Gasteiger partial charge >= 0.3 is 6.09 Å². The van der Waals surface area contributed by atoms with Crippen LogP contribution in [0.15, 0.2) is 18.2 Å². The largest absolute Gasteiger partial charge is 0.506 e. The number of likely N-dealkylation sites (tertiary alicyclic amines) is 1. The number of hydrogen-bond acceptors (Lipinski definition) is 3. The van der Waals surface area contributed by atoms with Crippen molar-refractivity contribution in [3.05, 3.63) is 23.2 Å². The lowest BCUT2D eigenvalue weighted by atomic mass is 9.93. The molecule has 0 unspecified atom stereocenters. The summed E-state index contributed by atoms with van der Waals surface area (Å²) >= 11 is 5.73. The van der Waals surface area contributed by atoms with Crippen molar-refractivity contribution in [2.24, 2.45) is 5.92 Å². The predicted octanol–water partition coefficient (Wildman–Crippen LogP) is 2.76. The highest BCUT2D eigenvalue weighted by atomic mass is 35.5. The van der Waals surface area contributed by atoms with Crippen LogP contribution < -0.4 is 5.32 Å². The Morgan fingerprint density at radius 1 is 1.38 bits per heavy atom. The van der Waals surface area contributed by atoms with Crippen LogP contribution in [0.3, 0.4) is 0 Å². The second kappa shape index (κ2) is 6.22. The predicted molar refractivity (Wildman–Crippen MR) is 78.7 cm³/mol. The lowest BCUT2D eigenvalue weighted by Crippen LogP contribution is -2.47. The molecule has 1 aliphatic rings. The van der Waals surface area contributed by atoms with Gasteiger partial charge in [-0.15, -0.1) is 0 Å². The van der Waals surface area contributed by atoms with Gasteiger partial charge in [-0.05, 0) is 31.9 Å². The van der Waals surface area contributed by atoms with Gasteiger partial charge in [0.25, 0.3) is 0 Å². The number of halogens is 1. The van der Waals surface area contributed by atoms with Crippen molar-refractivity contribution in [3.8, 4) is 5.75 Å². The van der Waals surface area contributed by atoms with Gasteiger partial charge in [-0.2, -0.15) is 0 Å². The molecule has 1 aliphatic heterocycles. The van der Waals surface area contributed by atoms with Crippen molar-refractivity contribution in [3.63, 3.8) is 0 Å². The third-order valence-electron chi connectivity index (χ3n) is 3.72. The SMILES string of the molecule is C[C@@H]1CC[C@@H](C(=O)Nc2ccc(Cl)cc2O)CN1C(=O)O. The summed E-state index contributed by atoms with van der Waals surface area (Å²) in [5.74, 6) is -0.840. The number of nitrogens with one attached hydrogen (secondary N) is 1. The molecule has 2 rings (SSSR count). The Morgan fingerprint density at radius 3 is 2.71 bits per heavy atom. The van der Waals surface area contributed by atoms with Gasteiger partial charge in [0.05, 0.1) is 11.6 Å². The zero-order valence-corrected chi connectivity index (χ0v) is 12.3. The van der Waals surface area contributed by atoms with Crippen LogP contribution in [0.2, 0.25) is 5.02 Å². The molecule has 2 atom stereocenters. The second-order valence-corrected chi connectivity index (χ2v) is 5.65. The van der Waals surface area contributed by atoms with Gasteiger partial charge in [-0.1, -0.05) is 11.6 Å². The van der Waals surface area contributed by atoms with Crippen LogP contribution in [0, 0.1) is 5.92 Å². The summed E-state index contributed by atoms with van der Waals surface area (Å²) in [6.07, 6.45) is 0.233. The molecule has 0 spiro atoms. The highest BCUT2D eigenvalue weighted by Gasteiger charge is 2.32. The standard InChI is InChI=1S/C14H17ClN2O4/c1-8-2-3-9(7-17(8)14(20)21)13(19)16-11-5-4-10(15)6-12(11)18/h4-6,8-9,18H,2-3,7H2,1H3,(H,16,19)(H,20,21)/t8-,9-/m1/s1. The molecular weight excluding hydrogens is 296 g/mol. The zero-order valence-electron chi connectivity index (χ0n) is 11.5. The molecule has 1 aromatic carbocycles. The average Bonchev–Trinajstić information content (AvgIpc) is 2.42. The molecule has 1 aromatic rings. The first-order chi connectivity index (χ1) is 9.88. The van der Waals surface area contributed by atoms with Gasteiger partial charge in [0.15, 0.2) is 0 Å². The van der Waals surface area contributed by atoms with Crippen LogP contribution in [-0.4, -0.2) is 39.7 Å². The van der Waals surface area contributed by atoms with E-state index in [2.05, 4.69) is 5.32 Å². The van der Waals surface area contributed by atoms with Crippen LogP contribution in [0.25, 0.3) is 0 Å².